The summed E-state index contributed by atoms with van der Waals surface area (Å²) in [5, 5.41) is 8.47. The van der Waals surface area contributed by atoms with Gasteiger partial charge in [0.15, 0.2) is 0 Å². The molecule has 0 aliphatic carbocycles. The monoisotopic (exact) mass is 277 g/mol. The number of nitrogens with zero attached hydrogens (tertiary/aromatic N) is 2. The summed E-state index contributed by atoms with van der Waals surface area (Å²) in [6, 6.07) is 6.23. The lowest BCUT2D eigenvalue weighted by Gasteiger charge is -2.08. The highest BCUT2D eigenvalue weighted by atomic mass is 35.5. The van der Waals surface area contributed by atoms with Crippen LogP contribution in [0.3, 0.4) is 0 Å². The maximum atomic E-state index is 6.34. The van der Waals surface area contributed by atoms with Gasteiger partial charge in [-0.15, -0.1) is 0 Å². The first-order chi connectivity index (χ1) is 9.08. The smallest absolute Gasteiger partial charge is 0.0674 e. The molecule has 0 saturated heterocycles. The van der Waals surface area contributed by atoms with Crippen LogP contribution < -0.4 is 5.32 Å². The highest BCUT2D eigenvalue weighted by Crippen LogP contribution is 2.30. The second kappa shape index (κ2) is 5.76. The summed E-state index contributed by atoms with van der Waals surface area (Å²) in [6.07, 6.45) is 0. The van der Waals surface area contributed by atoms with Crippen molar-refractivity contribution in [3.8, 4) is 11.1 Å². The molecule has 0 aliphatic heterocycles. The quantitative estimate of drug-likeness (QED) is 0.926. The summed E-state index contributed by atoms with van der Waals surface area (Å²) >= 11 is 6.34. The Morgan fingerprint density at radius 3 is 2.58 bits per heavy atom. The van der Waals surface area contributed by atoms with E-state index in [2.05, 4.69) is 36.4 Å². The van der Waals surface area contributed by atoms with Crippen molar-refractivity contribution in [1.82, 2.24) is 15.1 Å². The molecule has 0 fully saturated rings. The van der Waals surface area contributed by atoms with E-state index in [-0.39, 0.29) is 0 Å². The largest absolute Gasteiger partial charge is 0.316 e. The molecule has 1 N–H and O–H groups in total. The predicted octanol–water partition coefficient (Wildman–Crippen LogP) is 3.56. The molecular formula is C15H20ClN3. The first-order valence-corrected chi connectivity index (χ1v) is 6.93. The minimum Gasteiger partial charge on any atom is -0.316 e. The van der Waals surface area contributed by atoms with Crippen LogP contribution in [0.25, 0.3) is 11.1 Å². The van der Waals surface area contributed by atoms with E-state index in [1.807, 2.05) is 24.7 Å². The zero-order valence-electron chi connectivity index (χ0n) is 11.9. The highest BCUT2D eigenvalue weighted by molar-refractivity contribution is 6.31. The Hall–Kier alpha value is -1.32. The second-order valence-electron chi connectivity index (χ2n) is 4.70. The Morgan fingerprint density at radius 1 is 1.32 bits per heavy atom. The maximum Gasteiger partial charge on any atom is 0.0674 e. The molecule has 102 valence electrons. The van der Waals surface area contributed by atoms with Gasteiger partial charge in [0.1, 0.15) is 0 Å². The van der Waals surface area contributed by atoms with Gasteiger partial charge in [-0.2, -0.15) is 5.10 Å². The molecule has 2 aromatic rings. The van der Waals surface area contributed by atoms with Crippen LogP contribution in [0.2, 0.25) is 5.02 Å². The van der Waals surface area contributed by atoms with Gasteiger partial charge in [-0.1, -0.05) is 23.7 Å². The van der Waals surface area contributed by atoms with Crippen LogP contribution >= 0.6 is 11.6 Å². The molecule has 0 amide bonds. The van der Waals surface area contributed by atoms with Crippen molar-refractivity contribution in [1.29, 1.82) is 0 Å². The first-order valence-electron chi connectivity index (χ1n) is 6.55. The Labute approximate surface area is 119 Å². The lowest BCUT2D eigenvalue weighted by Crippen LogP contribution is -2.05. The van der Waals surface area contributed by atoms with Crippen LogP contribution in [-0.2, 0) is 13.1 Å². The molecule has 2 rings (SSSR count). The molecule has 0 atom stereocenters. The number of aryl methyl sites for hydroxylation is 2. The molecule has 0 spiro atoms. The summed E-state index contributed by atoms with van der Waals surface area (Å²) in [4.78, 5) is 0. The van der Waals surface area contributed by atoms with Crippen molar-refractivity contribution in [2.24, 2.45) is 0 Å². The molecular weight excluding hydrogens is 258 g/mol. The third-order valence-electron chi connectivity index (χ3n) is 3.39. The van der Waals surface area contributed by atoms with E-state index >= 15 is 0 Å². The normalized spacial score (nSPS) is 11.0. The van der Waals surface area contributed by atoms with Gasteiger partial charge in [-0.3, -0.25) is 4.68 Å². The predicted molar refractivity (Wildman–Crippen MR) is 80.6 cm³/mol. The Kier molecular flexibility index (Phi) is 4.27. The molecule has 19 heavy (non-hydrogen) atoms. The second-order valence-corrected chi connectivity index (χ2v) is 5.11. The van der Waals surface area contributed by atoms with Gasteiger partial charge in [0.2, 0.25) is 0 Å². The number of benzene rings is 1. The molecule has 0 unspecified atom stereocenters. The summed E-state index contributed by atoms with van der Waals surface area (Å²) in [7, 11) is 1.92. The lowest BCUT2D eigenvalue weighted by atomic mass is 10.0. The fourth-order valence-electron chi connectivity index (χ4n) is 2.46. The van der Waals surface area contributed by atoms with Crippen molar-refractivity contribution in [2.75, 3.05) is 7.05 Å². The molecule has 4 heteroatoms. The minimum absolute atomic E-state index is 0.783. The van der Waals surface area contributed by atoms with Crippen molar-refractivity contribution in [2.45, 2.75) is 33.9 Å². The van der Waals surface area contributed by atoms with Gasteiger partial charge in [-0.05, 0) is 45.0 Å². The van der Waals surface area contributed by atoms with E-state index < -0.39 is 0 Å². The fraction of sp³-hybridized carbons (Fsp3) is 0.400. The number of hydrogen-bond donors (Lipinski definition) is 1. The van der Waals surface area contributed by atoms with Gasteiger partial charge in [0.05, 0.1) is 5.69 Å². The Bertz CT molecular complexity index is 587. The lowest BCUT2D eigenvalue weighted by molar-refractivity contribution is 0.634. The summed E-state index contributed by atoms with van der Waals surface area (Å²) in [6.45, 7) is 7.92. The SMILES string of the molecule is CCn1nc(C)c(-c2ccc(CNC)c(Cl)c2)c1C. The number of aromatic nitrogens is 2. The molecule has 1 heterocycles. The molecule has 0 aliphatic rings. The minimum atomic E-state index is 0.783. The molecule has 3 nitrogen and oxygen atoms in total. The van der Waals surface area contributed by atoms with Gasteiger partial charge < -0.3 is 5.32 Å². The van der Waals surface area contributed by atoms with E-state index in [1.54, 1.807) is 0 Å². The van der Waals surface area contributed by atoms with Crippen molar-refractivity contribution in [3.63, 3.8) is 0 Å². The van der Waals surface area contributed by atoms with Crippen LogP contribution in [0.15, 0.2) is 18.2 Å². The highest BCUT2D eigenvalue weighted by Gasteiger charge is 2.13. The van der Waals surface area contributed by atoms with Crippen LogP contribution in [0, 0.1) is 13.8 Å². The number of hydrogen-bond acceptors (Lipinski definition) is 2. The third-order valence-corrected chi connectivity index (χ3v) is 3.74. The van der Waals surface area contributed by atoms with E-state index in [9.17, 15) is 0 Å². The molecule has 0 radical (unpaired) electrons. The molecule has 0 saturated carbocycles. The number of halogens is 1. The van der Waals surface area contributed by atoms with Gasteiger partial charge in [0.25, 0.3) is 0 Å². The average molecular weight is 278 g/mol. The van der Waals surface area contributed by atoms with Crippen LogP contribution in [-0.4, -0.2) is 16.8 Å². The van der Waals surface area contributed by atoms with Gasteiger partial charge in [0, 0.05) is 29.4 Å². The van der Waals surface area contributed by atoms with E-state index in [0.717, 1.165) is 34.9 Å². The Morgan fingerprint density at radius 2 is 2.05 bits per heavy atom. The van der Waals surface area contributed by atoms with Gasteiger partial charge >= 0.3 is 0 Å². The zero-order chi connectivity index (χ0) is 14.0. The number of rotatable bonds is 4. The van der Waals surface area contributed by atoms with E-state index in [1.165, 1.54) is 11.3 Å². The summed E-state index contributed by atoms with van der Waals surface area (Å²) in [5.41, 5.74) is 5.69. The fourth-order valence-corrected chi connectivity index (χ4v) is 2.71. The topological polar surface area (TPSA) is 29.9 Å². The average Bonchev–Trinajstić information content (AvgIpc) is 2.67. The van der Waals surface area contributed by atoms with Crippen LogP contribution in [0.1, 0.15) is 23.9 Å². The van der Waals surface area contributed by atoms with Crippen molar-refractivity contribution >= 4 is 11.6 Å². The molecule has 1 aromatic heterocycles. The molecule has 0 bridgehead atoms. The van der Waals surface area contributed by atoms with Crippen molar-refractivity contribution in [3.05, 3.63) is 40.2 Å². The number of nitrogens with one attached hydrogen (secondary N) is 1. The first kappa shape index (κ1) is 14.1. The third kappa shape index (κ3) is 2.67. The maximum absolute atomic E-state index is 6.34. The van der Waals surface area contributed by atoms with E-state index in [4.69, 9.17) is 11.6 Å². The van der Waals surface area contributed by atoms with E-state index in [0.29, 0.717) is 0 Å². The van der Waals surface area contributed by atoms with Crippen molar-refractivity contribution < 1.29 is 0 Å². The molecule has 1 aromatic carbocycles. The summed E-state index contributed by atoms with van der Waals surface area (Å²) in [5.74, 6) is 0. The standard InChI is InChI=1S/C15H20ClN3/c1-5-19-11(3)15(10(2)18-19)12-6-7-13(9-17-4)14(16)8-12/h6-8,17H,5,9H2,1-4H3. The summed E-state index contributed by atoms with van der Waals surface area (Å²) < 4.78 is 2.03. The zero-order valence-corrected chi connectivity index (χ0v) is 12.7. The van der Waals surface area contributed by atoms with Crippen LogP contribution in [0.4, 0.5) is 0 Å². The van der Waals surface area contributed by atoms with Gasteiger partial charge in [-0.25, -0.2) is 0 Å². The van der Waals surface area contributed by atoms with Crippen LogP contribution in [0.5, 0.6) is 0 Å². The Balaban J connectivity index is 2.48.